The van der Waals surface area contributed by atoms with Crippen molar-refractivity contribution in [2.24, 2.45) is 0 Å². The molecule has 20 heavy (non-hydrogen) atoms. The Labute approximate surface area is 118 Å². The van der Waals surface area contributed by atoms with Gasteiger partial charge in [0.25, 0.3) is 0 Å². The lowest BCUT2D eigenvalue weighted by Crippen LogP contribution is -2.36. The van der Waals surface area contributed by atoms with Crippen LogP contribution in [-0.4, -0.2) is 31.7 Å². The van der Waals surface area contributed by atoms with Gasteiger partial charge in [-0.25, -0.2) is 0 Å². The summed E-state index contributed by atoms with van der Waals surface area (Å²) in [4.78, 5) is 11.6. The van der Waals surface area contributed by atoms with E-state index in [0.29, 0.717) is 25.8 Å². The zero-order chi connectivity index (χ0) is 13.9. The minimum Gasteiger partial charge on any atom is -0.486 e. The van der Waals surface area contributed by atoms with E-state index < -0.39 is 0 Å². The summed E-state index contributed by atoms with van der Waals surface area (Å²) in [6.45, 7) is 3.56. The van der Waals surface area contributed by atoms with Crippen molar-refractivity contribution in [3.8, 4) is 11.5 Å². The Morgan fingerprint density at radius 1 is 1.30 bits per heavy atom. The van der Waals surface area contributed by atoms with Crippen LogP contribution in [0.5, 0.6) is 11.5 Å². The van der Waals surface area contributed by atoms with Crippen molar-refractivity contribution in [3.63, 3.8) is 0 Å². The molecule has 1 unspecified atom stereocenters. The molecule has 1 amide bonds. The third-order valence-electron chi connectivity index (χ3n) is 3.58. The van der Waals surface area contributed by atoms with Gasteiger partial charge in [-0.05, 0) is 37.5 Å². The van der Waals surface area contributed by atoms with Crippen LogP contribution in [0.25, 0.3) is 0 Å². The fourth-order valence-corrected chi connectivity index (χ4v) is 2.20. The number of carbonyl (C=O) groups excluding carboxylic acids is 1. The number of amides is 1. The van der Waals surface area contributed by atoms with E-state index in [-0.39, 0.29) is 11.9 Å². The highest BCUT2D eigenvalue weighted by atomic mass is 16.6. The Bertz CT molecular complexity index is 500. The van der Waals surface area contributed by atoms with Crippen LogP contribution in [0.2, 0.25) is 0 Å². The number of rotatable bonds is 5. The molecule has 1 aromatic rings. The van der Waals surface area contributed by atoms with Crippen LogP contribution in [0.15, 0.2) is 18.2 Å². The first-order chi connectivity index (χ1) is 9.72. The second-order valence-corrected chi connectivity index (χ2v) is 5.35. The molecule has 2 aliphatic rings. The molecule has 1 heterocycles. The standard InChI is InChI=1S/C15H20N2O3/c1-10(16-9-15(18)17-12-3-4-12)11-2-5-13-14(8-11)20-7-6-19-13/h2,5,8,10,12,16H,3-4,6-7,9H2,1H3,(H,17,18). The van der Waals surface area contributed by atoms with Crippen molar-refractivity contribution in [2.45, 2.75) is 31.8 Å². The number of ether oxygens (including phenoxy) is 2. The van der Waals surface area contributed by atoms with Crippen molar-refractivity contribution in [1.82, 2.24) is 10.6 Å². The topological polar surface area (TPSA) is 59.6 Å². The Balaban J connectivity index is 1.55. The summed E-state index contributed by atoms with van der Waals surface area (Å²) in [5.74, 6) is 1.64. The Morgan fingerprint density at radius 3 is 2.80 bits per heavy atom. The maximum Gasteiger partial charge on any atom is 0.234 e. The largest absolute Gasteiger partial charge is 0.486 e. The Morgan fingerprint density at radius 2 is 2.05 bits per heavy atom. The van der Waals surface area contributed by atoms with Gasteiger partial charge in [0.05, 0.1) is 6.54 Å². The number of fused-ring (bicyclic) bond motifs is 1. The van der Waals surface area contributed by atoms with Gasteiger partial charge in [0.2, 0.25) is 5.91 Å². The van der Waals surface area contributed by atoms with E-state index in [1.807, 2.05) is 25.1 Å². The SMILES string of the molecule is CC(NCC(=O)NC1CC1)c1ccc2c(c1)OCCO2. The van der Waals surface area contributed by atoms with Crippen molar-refractivity contribution < 1.29 is 14.3 Å². The molecule has 0 radical (unpaired) electrons. The molecule has 1 aliphatic carbocycles. The predicted molar refractivity (Wildman–Crippen MR) is 75.0 cm³/mol. The van der Waals surface area contributed by atoms with Crippen molar-refractivity contribution >= 4 is 5.91 Å². The fourth-order valence-electron chi connectivity index (χ4n) is 2.20. The van der Waals surface area contributed by atoms with E-state index in [0.717, 1.165) is 29.9 Å². The second-order valence-electron chi connectivity index (χ2n) is 5.35. The molecule has 0 aromatic heterocycles. The van der Waals surface area contributed by atoms with Gasteiger partial charge in [-0.15, -0.1) is 0 Å². The summed E-state index contributed by atoms with van der Waals surface area (Å²) < 4.78 is 11.1. The van der Waals surface area contributed by atoms with E-state index in [4.69, 9.17) is 9.47 Å². The van der Waals surface area contributed by atoms with E-state index >= 15 is 0 Å². The summed E-state index contributed by atoms with van der Waals surface area (Å²) in [6.07, 6.45) is 2.23. The second kappa shape index (κ2) is 5.71. The van der Waals surface area contributed by atoms with E-state index in [1.165, 1.54) is 0 Å². The van der Waals surface area contributed by atoms with Gasteiger partial charge in [0.15, 0.2) is 11.5 Å². The lowest BCUT2D eigenvalue weighted by molar-refractivity contribution is -0.120. The number of nitrogens with one attached hydrogen (secondary N) is 2. The third-order valence-corrected chi connectivity index (χ3v) is 3.58. The van der Waals surface area contributed by atoms with Gasteiger partial charge in [0.1, 0.15) is 13.2 Å². The molecule has 0 saturated heterocycles. The van der Waals surface area contributed by atoms with Gasteiger partial charge in [0, 0.05) is 12.1 Å². The monoisotopic (exact) mass is 276 g/mol. The van der Waals surface area contributed by atoms with Crippen LogP contribution in [0.3, 0.4) is 0 Å². The van der Waals surface area contributed by atoms with E-state index in [2.05, 4.69) is 10.6 Å². The molecular formula is C15H20N2O3. The van der Waals surface area contributed by atoms with Crippen LogP contribution in [0.4, 0.5) is 0 Å². The average Bonchev–Trinajstić information content (AvgIpc) is 3.28. The molecule has 0 bridgehead atoms. The molecule has 1 saturated carbocycles. The zero-order valence-electron chi connectivity index (χ0n) is 11.6. The Hall–Kier alpha value is -1.75. The number of hydrogen-bond donors (Lipinski definition) is 2. The molecule has 1 aromatic carbocycles. The number of benzene rings is 1. The first kappa shape index (κ1) is 13.2. The molecule has 1 fully saturated rings. The highest BCUT2D eigenvalue weighted by Gasteiger charge is 2.23. The van der Waals surface area contributed by atoms with Gasteiger partial charge in [-0.3, -0.25) is 4.79 Å². The van der Waals surface area contributed by atoms with Crippen LogP contribution in [0.1, 0.15) is 31.4 Å². The van der Waals surface area contributed by atoms with Crippen LogP contribution >= 0.6 is 0 Å². The summed E-state index contributed by atoms with van der Waals surface area (Å²) in [5, 5.41) is 6.19. The van der Waals surface area contributed by atoms with Gasteiger partial charge in [-0.1, -0.05) is 6.07 Å². The smallest absolute Gasteiger partial charge is 0.234 e. The first-order valence-electron chi connectivity index (χ1n) is 7.14. The van der Waals surface area contributed by atoms with E-state index in [9.17, 15) is 4.79 Å². The molecule has 108 valence electrons. The van der Waals surface area contributed by atoms with Crippen molar-refractivity contribution in [1.29, 1.82) is 0 Å². The van der Waals surface area contributed by atoms with Gasteiger partial charge < -0.3 is 20.1 Å². The van der Waals surface area contributed by atoms with Crippen LogP contribution < -0.4 is 20.1 Å². The summed E-state index contributed by atoms with van der Waals surface area (Å²) in [7, 11) is 0. The summed E-state index contributed by atoms with van der Waals surface area (Å²) in [6, 6.07) is 6.41. The van der Waals surface area contributed by atoms with Crippen molar-refractivity contribution in [3.05, 3.63) is 23.8 Å². The minimum absolute atomic E-state index is 0.0666. The molecular weight excluding hydrogens is 256 g/mol. The molecule has 2 N–H and O–H groups in total. The quantitative estimate of drug-likeness (QED) is 0.853. The normalized spacial score (nSPS) is 18.4. The minimum atomic E-state index is 0.0666. The van der Waals surface area contributed by atoms with Crippen LogP contribution in [0, 0.1) is 0 Å². The van der Waals surface area contributed by atoms with Gasteiger partial charge >= 0.3 is 0 Å². The maximum atomic E-state index is 11.6. The Kier molecular flexibility index (Phi) is 3.78. The number of hydrogen-bond acceptors (Lipinski definition) is 4. The molecule has 5 heteroatoms. The van der Waals surface area contributed by atoms with Crippen molar-refractivity contribution in [2.75, 3.05) is 19.8 Å². The van der Waals surface area contributed by atoms with Gasteiger partial charge in [-0.2, -0.15) is 0 Å². The molecule has 0 spiro atoms. The predicted octanol–water partition coefficient (Wildman–Crippen LogP) is 1.39. The lowest BCUT2D eigenvalue weighted by atomic mass is 10.1. The van der Waals surface area contributed by atoms with Crippen LogP contribution in [-0.2, 0) is 4.79 Å². The lowest BCUT2D eigenvalue weighted by Gasteiger charge is -2.21. The number of carbonyl (C=O) groups is 1. The van der Waals surface area contributed by atoms with E-state index in [1.54, 1.807) is 0 Å². The summed E-state index contributed by atoms with van der Waals surface area (Å²) >= 11 is 0. The highest BCUT2D eigenvalue weighted by molar-refractivity contribution is 5.78. The first-order valence-corrected chi connectivity index (χ1v) is 7.14. The fraction of sp³-hybridized carbons (Fsp3) is 0.533. The molecule has 3 rings (SSSR count). The maximum absolute atomic E-state index is 11.6. The third kappa shape index (κ3) is 3.22. The molecule has 1 atom stereocenters. The molecule has 1 aliphatic heterocycles. The molecule has 5 nitrogen and oxygen atoms in total. The highest BCUT2D eigenvalue weighted by Crippen LogP contribution is 2.32. The zero-order valence-corrected chi connectivity index (χ0v) is 11.6. The average molecular weight is 276 g/mol. The summed E-state index contributed by atoms with van der Waals surface area (Å²) in [5.41, 5.74) is 1.09.